The highest BCUT2D eigenvalue weighted by atomic mass is 16.6. The fourth-order valence-electron chi connectivity index (χ4n) is 1.19. The molecule has 1 radical (unpaired) electrons. The first-order chi connectivity index (χ1) is 7.25. The number of hydrogen-bond donors (Lipinski definition) is 0. The zero-order valence-electron chi connectivity index (χ0n) is 9.55. The maximum absolute atomic E-state index is 10.8. The van der Waals surface area contributed by atoms with Gasteiger partial charge in [0, 0.05) is 13.8 Å². The monoisotopic (exact) mass is 232 g/mol. The number of nitrogens with zero attached hydrogens (tertiary/aromatic N) is 1. The van der Waals surface area contributed by atoms with Crippen molar-refractivity contribution < 1.29 is 29.0 Å². The van der Waals surface area contributed by atoms with Crippen molar-refractivity contribution in [2.24, 2.45) is 0 Å². The normalized spacial score (nSPS) is 13.5. The lowest BCUT2D eigenvalue weighted by Crippen LogP contribution is -2.47. The van der Waals surface area contributed by atoms with Gasteiger partial charge < -0.3 is 9.47 Å². The molecule has 0 aromatic carbocycles. The van der Waals surface area contributed by atoms with Crippen molar-refractivity contribution in [3.8, 4) is 0 Å². The van der Waals surface area contributed by atoms with Crippen LogP contribution in [0.5, 0.6) is 0 Å². The van der Waals surface area contributed by atoms with Crippen molar-refractivity contribution in [2.45, 2.75) is 40.2 Å². The molecule has 91 valence electrons. The van der Waals surface area contributed by atoms with E-state index in [-0.39, 0.29) is 0 Å². The van der Waals surface area contributed by atoms with E-state index in [1.807, 2.05) is 0 Å². The maximum Gasteiger partial charge on any atom is 0.458 e. The van der Waals surface area contributed by atoms with Crippen molar-refractivity contribution in [3.05, 3.63) is 0 Å². The molecule has 7 heteroatoms. The molecule has 0 aromatic heterocycles. The van der Waals surface area contributed by atoms with Crippen LogP contribution in [0.15, 0.2) is 0 Å². The molecule has 7 nitrogen and oxygen atoms in total. The number of rotatable bonds is 4. The molecular formula is C9H14NO6. The maximum atomic E-state index is 10.8. The van der Waals surface area contributed by atoms with Crippen LogP contribution in [0.2, 0.25) is 0 Å². The van der Waals surface area contributed by atoms with E-state index in [2.05, 4.69) is 9.47 Å². The second-order valence-electron chi connectivity index (χ2n) is 3.09. The van der Waals surface area contributed by atoms with Crippen molar-refractivity contribution in [1.82, 2.24) is 4.90 Å². The van der Waals surface area contributed by atoms with E-state index >= 15 is 0 Å². The minimum absolute atomic E-state index is 0.614. The Bertz CT molecular complexity index is 268. The van der Waals surface area contributed by atoms with Crippen LogP contribution >= 0.6 is 0 Å². The van der Waals surface area contributed by atoms with Gasteiger partial charge >= 0.3 is 18.0 Å². The van der Waals surface area contributed by atoms with Crippen molar-refractivity contribution in [2.75, 3.05) is 0 Å². The van der Waals surface area contributed by atoms with Crippen LogP contribution in [0.4, 0.5) is 4.79 Å². The zero-order valence-corrected chi connectivity index (χ0v) is 9.55. The molecule has 2 unspecified atom stereocenters. The summed E-state index contributed by atoms with van der Waals surface area (Å²) >= 11 is 0. The minimum atomic E-state index is -1.59. The molecule has 0 saturated carbocycles. The highest BCUT2D eigenvalue weighted by molar-refractivity contribution is 5.69. The summed E-state index contributed by atoms with van der Waals surface area (Å²) in [5.74, 6) is -1.29. The van der Waals surface area contributed by atoms with Crippen LogP contribution in [0.25, 0.3) is 0 Å². The molecule has 0 rings (SSSR count). The van der Waals surface area contributed by atoms with Crippen molar-refractivity contribution in [3.63, 3.8) is 0 Å². The van der Waals surface area contributed by atoms with Gasteiger partial charge in [0.25, 0.3) is 0 Å². The van der Waals surface area contributed by atoms with E-state index in [4.69, 9.17) is 0 Å². The lowest BCUT2D eigenvalue weighted by Gasteiger charge is -2.29. The molecule has 2 atom stereocenters. The topological polar surface area (TPSA) is 92.8 Å². The van der Waals surface area contributed by atoms with Gasteiger partial charge in [0.2, 0.25) is 0 Å². The number of carbonyl (C=O) groups is 3. The van der Waals surface area contributed by atoms with Gasteiger partial charge in [-0.15, -0.1) is 0 Å². The third-order valence-electron chi connectivity index (χ3n) is 1.67. The molecule has 1 amide bonds. The molecule has 0 aromatic rings. The average Bonchev–Trinajstić information content (AvgIpc) is 1.98. The largest absolute Gasteiger partial charge is 0.458 e. The SMILES string of the molecule is CC(=O)OC(C)N(C([O])=O)C(C)OC(C)=O. The Hall–Kier alpha value is -1.79. The quantitative estimate of drug-likeness (QED) is 0.524. The summed E-state index contributed by atoms with van der Waals surface area (Å²) in [5.41, 5.74) is 0. The first-order valence-electron chi connectivity index (χ1n) is 4.59. The van der Waals surface area contributed by atoms with Crippen LogP contribution < -0.4 is 0 Å². The standard InChI is InChI=1S/C9H14NO6/c1-5(15-7(3)11)10(9(13)14)6(2)16-8(4)12/h5-6H,1-4H3. The lowest BCUT2D eigenvalue weighted by molar-refractivity contribution is -0.171. The van der Waals surface area contributed by atoms with E-state index in [0.717, 1.165) is 13.8 Å². The number of esters is 2. The fraction of sp³-hybridized carbons (Fsp3) is 0.667. The Morgan fingerprint density at radius 1 is 0.938 bits per heavy atom. The summed E-state index contributed by atoms with van der Waals surface area (Å²) in [7, 11) is 0. The summed E-state index contributed by atoms with van der Waals surface area (Å²) < 4.78 is 9.30. The predicted molar refractivity (Wildman–Crippen MR) is 50.4 cm³/mol. The molecule has 0 N–H and O–H groups in total. The van der Waals surface area contributed by atoms with Gasteiger partial charge in [-0.05, 0) is 13.8 Å². The highest BCUT2D eigenvalue weighted by Gasteiger charge is 2.30. The lowest BCUT2D eigenvalue weighted by atomic mass is 10.4. The summed E-state index contributed by atoms with van der Waals surface area (Å²) in [4.78, 5) is 32.7. The Balaban J connectivity index is 4.65. The van der Waals surface area contributed by atoms with Crippen LogP contribution in [0, 0.1) is 0 Å². The molecule has 0 saturated heterocycles. The number of amides is 1. The Morgan fingerprint density at radius 2 is 1.25 bits per heavy atom. The van der Waals surface area contributed by atoms with Gasteiger partial charge in [-0.2, -0.15) is 0 Å². The van der Waals surface area contributed by atoms with E-state index in [9.17, 15) is 19.5 Å². The molecule has 0 heterocycles. The van der Waals surface area contributed by atoms with Crippen molar-refractivity contribution >= 4 is 18.0 Å². The molecule has 0 aliphatic heterocycles. The van der Waals surface area contributed by atoms with E-state index < -0.39 is 30.5 Å². The van der Waals surface area contributed by atoms with Gasteiger partial charge in [-0.25, -0.2) is 14.8 Å². The van der Waals surface area contributed by atoms with E-state index in [1.165, 1.54) is 13.8 Å². The first-order valence-corrected chi connectivity index (χ1v) is 4.59. The summed E-state index contributed by atoms with van der Waals surface area (Å²) in [6.45, 7) is 4.94. The second-order valence-corrected chi connectivity index (χ2v) is 3.09. The minimum Gasteiger partial charge on any atom is -0.442 e. The molecule has 0 bridgehead atoms. The molecular weight excluding hydrogens is 218 g/mol. The van der Waals surface area contributed by atoms with Crippen LogP contribution in [-0.2, 0) is 24.2 Å². The van der Waals surface area contributed by atoms with Crippen LogP contribution in [-0.4, -0.2) is 35.4 Å². The average molecular weight is 232 g/mol. The third kappa shape index (κ3) is 4.63. The van der Waals surface area contributed by atoms with E-state index in [0.29, 0.717) is 4.90 Å². The Labute approximate surface area is 92.9 Å². The fourth-order valence-corrected chi connectivity index (χ4v) is 1.19. The molecule has 0 aliphatic rings. The second kappa shape index (κ2) is 5.94. The zero-order chi connectivity index (χ0) is 12.9. The van der Waals surface area contributed by atoms with Gasteiger partial charge in [-0.3, -0.25) is 9.59 Å². The smallest absolute Gasteiger partial charge is 0.442 e. The van der Waals surface area contributed by atoms with Crippen molar-refractivity contribution in [1.29, 1.82) is 0 Å². The number of carbonyl (C=O) groups excluding carboxylic acids is 3. The molecule has 0 spiro atoms. The third-order valence-corrected chi connectivity index (χ3v) is 1.67. The van der Waals surface area contributed by atoms with Gasteiger partial charge in [0.15, 0.2) is 12.5 Å². The van der Waals surface area contributed by atoms with Gasteiger partial charge in [-0.1, -0.05) is 0 Å². The number of hydrogen-bond acceptors (Lipinski definition) is 5. The highest BCUT2D eigenvalue weighted by Crippen LogP contribution is 2.09. The van der Waals surface area contributed by atoms with Gasteiger partial charge in [0.05, 0.1) is 0 Å². The van der Waals surface area contributed by atoms with Gasteiger partial charge in [0.1, 0.15) is 0 Å². The summed E-state index contributed by atoms with van der Waals surface area (Å²) in [5, 5.41) is 10.8. The van der Waals surface area contributed by atoms with E-state index in [1.54, 1.807) is 0 Å². The summed E-state index contributed by atoms with van der Waals surface area (Å²) in [6, 6.07) is 0. The molecule has 0 aliphatic carbocycles. The predicted octanol–water partition coefficient (Wildman–Crippen LogP) is 0.657. The molecule has 0 fully saturated rings. The van der Waals surface area contributed by atoms with Crippen LogP contribution in [0.3, 0.4) is 0 Å². The first kappa shape index (κ1) is 14.2. The Morgan fingerprint density at radius 3 is 1.44 bits per heavy atom. The van der Waals surface area contributed by atoms with Crippen LogP contribution in [0.1, 0.15) is 27.7 Å². The Kier molecular flexibility index (Phi) is 5.27. The number of ether oxygens (including phenoxy) is 2. The summed E-state index contributed by atoms with van der Waals surface area (Å²) in [6.07, 6.45) is -3.77. The molecule has 16 heavy (non-hydrogen) atoms.